The van der Waals surface area contributed by atoms with Crippen LogP contribution in [0.3, 0.4) is 0 Å². The van der Waals surface area contributed by atoms with E-state index in [0.717, 1.165) is 15.7 Å². The lowest BCUT2D eigenvalue weighted by Gasteiger charge is -2.26. The molecule has 0 spiro atoms. The predicted octanol–water partition coefficient (Wildman–Crippen LogP) is 1.43. The van der Waals surface area contributed by atoms with Crippen LogP contribution in [0.25, 0.3) is 0 Å². The van der Waals surface area contributed by atoms with E-state index in [1.807, 2.05) is 25.6 Å². The van der Waals surface area contributed by atoms with Crippen LogP contribution in [0, 0.1) is 0 Å². The molecule has 0 bridgehead atoms. The van der Waals surface area contributed by atoms with Crippen molar-refractivity contribution in [1.29, 1.82) is 0 Å². The predicted molar refractivity (Wildman–Crippen MR) is 114 cm³/mol. The Morgan fingerprint density at radius 1 is 1.30 bits per heavy atom. The zero-order valence-corrected chi connectivity index (χ0v) is 18.0. The monoisotopic (exact) mass is 429 g/mol. The molecule has 0 fully saturated rings. The number of fused-ring (bicyclic) bond motifs is 1. The van der Waals surface area contributed by atoms with Gasteiger partial charge in [-0.15, -0.1) is 0 Å². The van der Waals surface area contributed by atoms with Gasteiger partial charge in [-0.3, -0.25) is 9.67 Å². The number of methoxy groups -OCH3 is 1. The molecule has 1 atom stereocenters. The number of rotatable bonds is 5. The lowest BCUT2D eigenvalue weighted by Crippen LogP contribution is -2.37. The summed E-state index contributed by atoms with van der Waals surface area (Å²) in [7, 11) is 2.67. The van der Waals surface area contributed by atoms with Crippen LogP contribution in [0.5, 0.6) is 5.75 Å². The van der Waals surface area contributed by atoms with E-state index < -0.39 is 10.0 Å². The lowest BCUT2D eigenvalue weighted by atomic mass is 10.1. The Kier molecular flexibility index (Phi) is 5.08. The number of anilines is 1. The zero-order chi connectivity index (χ0) is 21.5. The summed E-state index contributed by atoms with van der Waals surface area (Å²) in [6.45, 7) is 0.593. The average molecular weight is 430 g/mol. The van der Waals surface area contributed by atoms with Gasteiger partial charge in [-0.25, -0.2) is 17.7 Å². The molecule has 2 aliphatic rings. The number of ether oxygens (including phenoxy) is 1. The standard InChI is InChI=1S/C19H23N7O3S/c1-24(2)30(27,28)17-6-5-14(9-16(17)29-4)23-18-19-21-11-15(26(19)8-7-20-18)13-10-22-25(3)12-13/h5-10,12,15H,11H2,1-4H3,(H,20,23). The summed E-state index contributed by atoms with van der Waals surface area (Å²) in [5.41, 5.74) is 1.72. The number of hydrogen-bond donors (Lipinski definition) is 1. The molecule has 1 aromatic heterocycles. The largest absolute Gasteiger partial charge is 0.495 e. The minimum Gasteiger partial charge on any atom is -0.495 e. The Labute approximate surface area is 175 Å². The third-order valence-electron chi connectivity index (χ3n) is 4.93. The van der Waals surface area contributed by atoms with Gasteiger partial charge >= 0.3 is 0 Å². The number of sulfonamides is 1. The first-order chi connectivity index (χ1) is 14.3. The fraction of sp³-hybridized carbons (Fsp3) is 0.316. The van der Waals surface area contributed by atoms with Gasteiger partial charge in [0.05, 0.1) is 25.9 Å². The summed E-state index contributed by atoms with van der Waals surface area (Å²) < 4.78 is 33.2. The van der Waals surface area contributed by atoms with Gasteiger partial charge in [-0.1, -0.05) is 0 Å². The topological polar surface area (TPSA) is 104 Å². The van der Waals surface area contributed by atoms with Crippen LogP contribution in [-0.4, -0.2) is 66.8 Å². The molecule has 0 saturated carbocycles. The van der Waals surface area contributed by atoms with Crippen molar-refractivity contribution >= 4 is 27.4 Å². The van der Waals surface area contributed by atoms with Gasteiger partial charge in [0.1, 0.15) is 10.6 Å². The number of nitrogens with zero attached hydrogens (tertiary/aromatic N) is 6. The van der Waals surface area contributed by atoms with Crippen molar-refractivity contribution in [2.75, 3.05) is 33.1 Å². The third kappa shape index (κ3) is 3.46. The van der Waals surface area contributed by atoms with Gasteiger partial charge in [0.15, 0.2) is 11.7 Å². The van der Waals surface area contributed by atoms with E-state index in [9.17, 15) is 8.42 Å². The van der Waals surface area contributed by atoms with Gasteiger partial charge in [0.2, 0.25) is 10.0 Å². The fourth-order valence-corrected chi connectivity index (χ4v) is 4.39. The molecule has 1 N–H and O–H groups in total. The SMILES string of the molecule is COc1cc(NC2=NC=CN3C2=NCC3c2cnn(C)c2)ccc1S(=O)(=O)N(C)C. The third-order valence-corrected chi connectivity index (χ3v) is 6.79. The molecule has 11 heteroatoms. The first-order valence-electron chi connectivity index (χ1n) is 9.25. The molecule has 0 amide bonds. The summed E-state index contributed by atoms with van der Waals surface area (Å²) in [4.78, 5) is 11.2. The van der Waals surface area contributed by atoms with E-state index in [0.29, 0.717) is 18.1 Å². The maximum absolute atomic E-state index is 12.5. The number of benzene rings is 1. The normalized spacial score (nSPS) is 18.3. The quantitative estimate of drug-likeness (QED) is 0.771. The van der Waals surface area contributed by atoms with Crippen LogP contribution in [0.2, 0.25) is 0 Å². The van der Waals surface area contributed by atoms with E-state index in [2.05, 4.69) is 25.3 Å². The highest BCUT2D eigenvalue weighted by molar-refractivity contribution is 7.89. The maximum atomic E-state index is 12.5. The molecule has 158 valence electrons. The molecule has 3 heterocycles. The molecule has 10 nitrogen and oxygen atoms in total. The number of aryl methyl sites for hydroxylation is 1. The molecule has 0 aliphatic carbocycles. The highest BCUT2D eigenvalue weighted by Crippen LogP contribution is 2.31. The van der Waals surface area contributed by atoms with E-state index in [1.165, 1.54) is 27.3 Å². The van der Waals surface area contributed by atoms with Crippen LogP contribution in [0.1, 0.15) is 11.6 Å². The number of amidine groups is 2. The second kappa shape index (κ2) is 7.58. The second-order valence-corrected chi connectivity index (χ2v) is 9.21. The highest BCUT2D eigenvalue weighted by atomic mass is 32.2. The molecule has 1 aromatic carbocycles. The summed E-state index contributed by atoms with van der Waals surface area (Å²) >= 11 is 0. The summed E-state index contributed by atoms with van der Waals surface area (Å²) in [6, 6.07) is 4.88. The molecule has 1 unspecified atom stereocenters. The first-order valence-corrected chi connectivity index (χ1v) is 10.7. The number of aromatic nitrogens is 2. The van der Waals surface area contributed by atoms with Gasteiger partial charge in [-0.2, -0.15) is 5.10 Å². The Morgan fingerprint density at radius 2 is 2.10 bits per heavy atom. The highest BCUT2D eigenvalue weighted by Gasteiger charge is 2.33. The number of aliphatic imine (C=N–C) groups is 2. The van der Waals surface area contributed by atoms with Crippen molar-refractivity contribution < 1.29 is 13.2 Å². The van der Waals surface area contributed by atoms with Gasteiger partial charge in [-0.05, 0) is 12.1 Å². The van der Waals surface area contributed by atoms with Crippen molar-refractivity contribution in [2.45, 2.75) is 10.9 Å². The molecule has 2 aromatic rings. The Hall–Kier alpha value is -3.18. The molecule has 30 heavy (non-hydrogen) atoms. The molecule has 0 radical (unpaired) electrons. The minimum atomic E-state index is -3.62. The maximum Gasteiger partial charge on any atom is 0.246 e. The van der Waals surface area contributed by atoms with Gasteiger partial charge < -0.3 is 15.0 Å². The van der Waals surface area contributed by atoms with Crippen LogP contribution in [-0.2, 0) is 17.1 Å². The van der Waals surface area contributed by atoms with Gasteiger partial charge in [0, 0.05) is 57.1 Å². The molecule has 2 aliphatic heterocycles. The van der Waals surface area contributed by atoms with Crippen molar-refractivity contribution in [2.24, 2.45) is 17.0 Å². The van der Waals surface area contributed by atoms with Crippen LogP contribution < -0.4 is 10.1 Å². The van der Waals surface area contributed by atoms with Crippen LogP contribution in [0.4, 0.5) is 5.69 Å². The molecule has 0 saturated heterocycles. The van der Waals surface area contributed by atoms with Crippen molar-refractivity contribution in [3.8, 4) is 5.75 Å². The van der Waals surface area contributed by atoms with E-state index in [1.54, 1.807) is 23.0 Å². The van der Waals surface area contributed by atoms with Crippen LogP contribution in [0.15, 0.2) is 57.9 Å². The average Bonchev–Trinajstić information content (AvgIpc) is 3.34. The first kappa shape index (κ1) is 20.1. The number of hydrogen-bond acceptors (Lipinski definition) is 8. The molecular formula is C19H23N7O3S. The summed E-state index contributed by atoms with van der Waals surface area (Å²) in [5.74, 6) is 1.54. The smallest absolute Gasteiger partial charge is 0.246 e. The van der Waals surface area contributed by atoms with E-state index in [-0.39, 0.29) is 16.7 Å². The van der Waals surface area contributed by atoms with Crippen molar-refractivity contribution in [3.05, 3.63) is 48.6 Å². The summed E-state index contributed by atoms with van der Waals surface area (Å²) in [6.07, 6.45) is 7.41. The molecular weight excluding hydrogens is 406 g/mol. The van der Waals surface area contributed by atoms with Crippen molar-refractivity contribution in [3.63, 3.8) is 0 Å². The Balaban J connectivity index is 1.58. The van der Waals surface area contributed by atoms with Crippen molar-refractivity contribution in [1.82, 2.24) is 19.0 Å². The van der Waals surface area contributed by atoms with Gasteiger partial charge in [0.25, 0.3) is 0 Å². The molecule has 4 rings (SSSR count). The van der Waals surface area contributed by atoms with E-state index in [4.69, 9.17) is 4.74 Å². The van der Waals surface area contributed by atoms with Crippen LogP contribution >= 0.6 is 0 Å². The summed E-state index contributed by atoms with van der Waals surface area (Å²) in [5, 5.41) is 7.48. The Morgan fingerprint density at radius 3 is 2.77 bits per heavy atom. The second-order valence-electron chi connectivity index (χ2n) is 7.09. The zero-order valence-electron chi connectivity index (χ0n) is 17.1. The lowest BCUT2D eigenvalue weighted by molar-refractivity contribution is 0.400. The van der Waals surface area contributed by atoms with E-state index >= 15 is 0 Å². The Bertz CT molecular complexity index is 1160. The number of nitrogens with one attached hydrogen (secondary N) is 1. The fourth-order valence-electron chi connectivity index (χ4n) is 3.36. The minimum absolute atomic E-state index is 0.0550.